The molecule has 0 aliphatic carbocycles. The van der Waals surface area contributed by atoms with E-state index < -0.39 is 0 Å². The van der Waals surface area contributed by atoms with Crippen molar-refractivity contribution in [1.29, 1.82) is 0 Å². The highest BCUT2D eigenvalue weighted by atomic mass is 32.1. The Bertz CT molecular complexity index is 1600. The van der Waals surface area contributed by atoms with Gasteiger partial charge in [0.15, 0.2) is 0 Å². The summed E-state index contributed by atoms with van der Waals surface area (Å²) < 4.78 is 11.7. The molecule has 0 fully saturated rings. The summed E-state index contributed by atoms with van der Waals surface area (Å²) >= 11 is 5.29. The molecule has 2 nitrogen and oxygen atoms in total. The fourth-order valence-electron chi connectivity index (χ4n) is 4.65. The monoisotopic (exact) mass is 648 g/mol. The molecule has 3 aromatic heterocycles. The first-order valence-corrected chi connectivity index (χ1v) is 18.4. The van der Waals surface area contributed by atoms with Gasteiger partial charge in [-0.15, -0.1) is 34.0 Å². The van der Waals surface area contributed by atoms with E-state index in [1.54, 1.807) is 22.7 Å². The first kappa shape index (κ1) is 32.6. The van der Waals surface area contributed by atoms with Crippen molar-refractivity contribution in [3.05, 3.63) is 106 Å². The molecular weight excluding hydrogens is 609 g/mol. The summed E-state index contributed by atoms with van der Waals surface area (Å²) in [4.78, 5) is 7.14. The van der Waals surface area contributed by atoms with Gasteiger partial charge in [-0.2, -0.15) is 0 Å². The zero-order valence-corrected chi connectivity index (χ0v) is 28.6. The molecule has 0 radical (unpaired) electrons. The summed E-state index contributed by atoms with van der Waals surface area (Å²) in [7, 11) is 0. The number of ether oxygens (including phenoxy) is 2. The second-order valence-corrected chi connectivity index (χ2v) is 14.1. The predicted octanol–water partition coefficient (Wildman–Crippen LogP) is 11.9. The zero-order chi connectivity index (χ0) is 31.1. The molecule has 5 heteroatoms. The number of benzene rings is 2. The van der Waals surface area contributed by atoms with E-state index in [1.165, 1.54) is 58.0 Å². The number of unbranched alkanes of at least 4 members (excludes halogenated alkanes) is 6. The lowest BCUT2D eigenvalue weighted by molar-refractivity contribution is 0.305. The molecule has 0 atom stereocenters. The molecule has 45 heavy (non-hydrogen) atoms. The SMILES string of the molecule is CCCCCCOc1ccc(C#Cc2ccc(-c3ccc(-c4ccc(C#Cc5ccc(OCCCCCC)cc5)s4)s3)s2)cc1. The van der Waals surface area contributed by atoms with Gasteiger partial charge >= 0.3 is 0 Å². The van der Waals surface area contributed by atoms with Crippen molar-refractivity contribution in [2.45, 2.75) is 65.2 Å². The molecule has 0 bridgehead atoms. The van der Waals surface area contributed by atoms with Crippen LogP contribution in [0.25, 0.3) is 19.5 Å². The second kappa shape index (κ2) is 17.7. The van der Waals surface area contributed by atoms with Gasteiger partial charge in [0.25, 0.3) is 0 Å². The maximum absolute atomic E-state index is 5.85. The Morgan fingerprint density at radius 3 is 1.24 bits per heavy atom. The first-order chi connectivity index (χ1) is 22.2. The largest absolute Gasteiger partial charge is 0.494 e. The molecule has 230 valence electrons. The van der Waals surface area contributed by atoms with Gasteiger partial charge in [-0.3, -0.25) is 0 Å². The Kier molecular flexibility index (Phi) is 12.8. The highest BCUT2D eigenvalue weighted by Gasteiger charge is 2.09. The minimum atomic E-state index is 0.778. The molecule has 2 aromatic carbocycles. The van der Waals surface area contributed by atoms with Crippen LogP contribution in [-0.4, -0.2) is 13.2 Å². The quantitative estimate of drug-likeness (QED) is 0.0881. The van der Waals surface area contributed by atoms with Crippen molar-refractivity contribution in [2.75, 3.05) is 13.2 Å². The van der Waals surface area contributed by atoms with Crippen molar-refractivity contribution in [1.82, 2.24) is 0 Å². The Morgan fingerprint density at radius 2 is 0.822 bits per heavy atom. The third kappa shape index (κ3) is 10.4. The van der Waals surface area contributed by atoms with Crippen LogP contribution in [0.5, 0.6) is 11.5 Å². The number of hydrogen-bond donors (Lipinski definition) is 0. The van der Waals surface area contributed by atoms with Crippen molar-refractivity contribution < 1.29 is 9.47 Å². The predicted molar refractivity (Wildman–Crippen MR) is 195 cm³/mol. The van der Waals surface area contributed by atoms with Crippen LogP contribution in [0, 0.1) is 23.7 Å². The number of rotatable bonds is 14. The van der Waals surface area contributed by atoms with E-state index in [0.717, 1.165) is 58.4 Å². The summed E-state index contributed by atoms with van der Waals surface area (Å²) in [5.74, 6) is 15.1. The lowest BCUT2D eigenvalue weighted by Gasteiger charge is -2.05. The highest BCUT2D eigenvalue weighted by molar-refractivity contribution is 7.26. The van der Waals surface area contributed by atoms with E-state index in [2.05, 4.69) is 73.9 Å². The van der Waals surface area contributed by atoms with E-state index in [9.17, 15) is 0 Å². The van der Waals surface area contributed by atoms with Gasteiger partial charge in [-0.25, -0.2) is 0 Å². The van der Waals surface area contributed by atoms with Crippen LogP contribution in [0.4, 0.5) is 0 Å². The maximum atomic E-state index is 5.85. The van der Waals surface area contributed by atoms with Crippen molar-refractivity contribution in [3.63, 3.8) is 0 Å². The van der Waals surface area contributed by atoms with Gasteiger partial charge in [0.1, 0.15) is 11.5 Å². The average molecular weight is 649 g/mol. The zero-order valence-electron chi connectivity index (χ0n) is 26.2. The van der Waals surface area contributed by atoms with Gasteiger partial charge in [-0.1, -0.05) is 76.1 Å². The molecule has 0 saturated carbocycles. The molecule has 5 aromatic rings. The van der Waals surface area contributed by atoms with Crippen LogP contribution in [0.1, 0.15) is 86.1 Å². The summed E-state index contributed by atoms with van der Waals surface area (Å²) in [6.45, 7) is 6.00. The fourth-order valence-corrected chi connectivity index (χ4v) is 7.56. The standard InChI is InChI=1S/C40H40O2S3/c1-3-5-7-9-29-41-33-17-11-31(12-18-33)15-21-35-23-25-37(43-35)39-27-28-40(45-39)38-26-24-36(44-38)22-16-32-13-19-34(20-14-32)42-30-10-8-6-4-2/h11-14,17-20,23-28H,3-10,29-30H2,1-2H3. The molecule has 5 rings (SSSR count). The van der Waals surface area contributed by atoms with Gasteiger partial charge in [-0.05, 0) is 97.8 Å². The minimum absolute atomic E-state index is 0.778. The summed E-state index contributed by atoms with van der Waals surface area (Å²) in [5.41, 5.74) is 2.00. The van der Waals surface area contributed by atoms with Gasteiger partial charge in [0, 0.05) is 30.6 Å². The molecule has 3 heterocycles. The number of thiophene rings is 3. The Morgan fingerprint density at radius 1 is 0.422 bits per heavy atom. The van der Waals surface area contributed by atoms with Crippen LogP contribution >= 0.6 is 34.0 Å². The van der Waals surface area contributed by atoms with Crippen LogP contribution in [0.2, 0.25) is 0 Å². The Hall–Kier alpha value is -3.74. The van der Waals surface area contributed by atoms with Crippen LogP contribution in [-0.2, 0) is 0 Å². The molecule has 0 unspecified atom stereocenters. The fraction of sp³-hybridized carbons (Fsp3) is 0.300. The van der Waals surface area contributed by atoms with Gasteiger partial charge in [0.2, 0.25) is 0 Å². The molecule has 0 amide bonds. The summed E-state index contributed by atoms with van der Waals surface area (Å²) in [5, 5.41) is 0. The first-order valence-electron chi connectivity index (χ1n) is 16.0. The molecule has 0 N–H and O–H groups in total. The topological polar surface area (TPSA) is 18.5 Å². The van der Waals surface area contributed by atoms with Crippen LogP contribution < -0.4 is 9.47 Å². The molecule has 0 aliphatic rings. The highest BCUT2D eigenvalue weighted by Crippen LogP contribution is 2.39. The minimum Gasteiger partial charge on any atom is -0.494 e. The van der Waals surface area contributed by atoms with E-state index in [0.29, 0.717) is 0 Å². The normalized spacial score (nSPS) is 10.5. The number of hydrogen-bond acceptors (Lipinski definition) is 5. The van der Waals surface area contributed by atoms with E-state index in [4.69, 9.17) is 9.47 Å². The average Bonchev–Trinajstić information content (AvgIpc) is 3.85. The van der Waals surface area contributed by atoms with Crippen molar-refractivity contribution >= 4 is 34.0 Å². The third-order valence-electron chi connectivity index (χ3n) is 7.21. The third-order valence-corrected chi connectivity index (χ3v) is 10.7. The molecular formula is C40H40O2S3. The summed E-state index contributed by atoms with van der Waals surface area (Å²) in [6, 6.07) is 29.2. The lowest BCUT2D eigenvalue weighted by Crippen LogP contribution is -1.96. The Balaban J connectivity index is 1.13. The van der Waals surface area contributed by atoms with E-state index in [1.807, 2.05) is 59.9 Å². The molecule has 0 saturated heterocycles. The summed E-state index contributed by atoms with van der Waals surface area (Å²) in [6.07, 6.45) is 9.70. The molecule has 0 aliphatic heterocycles. The Labute approximate surface area is 281 Å². The second-order valence-electron chi connectivity index (χ2n) is 10.9. The van der Waals surface area contributed by atoms with Gasteiger partial charge in [0.05, 0.1) is 23.0 Å². The van der Waals surface area contributed by atoms with Gasteiger partial charge < -0.3 is 9.47 Å². The smallest absolute Gasteiger partial charge is 0.119 e. The lowest BCUT2D eigenvalue weighted by atomic mass is 10.2. The molecule has 0 spiro atoms. The van der Waals surface area contributed by atoms with Crippen LogP contribution in [0.15, 0.2) is 84.9 Å². The van der Waals surface area contributed by atoms with E-state index in [-0.39, 0.29) is 0 Å². The van der Waals surface area contributed by atoms with Crippen molar-refractivity contribution in [2.24, 2.45) is 0 Å². The maximum Gasteiger partial charge on any atom is 0.119 e. The van der Waals surface area contributed by atoms with Crippen LogP contribution in [0.3, 0.4) is 0 Å². The van der Waals surface area contributed by atoms with Crippen molar-refractivity contribution in [3.8, 4) is 54.7 Å². The van der Waals surface area contributed by atoms with E-state index >= 15 is 0 Å².